The molecule has 1 saturated heterocycles. The van der Waals surface area contributed by atoms with Crippen molar-refractivity contribution in [3.63, 3.8) is 0 Å². The zero-order chi connectivity index (χ0) is 13.9. The van der Waals surface area contributed by atoms with Crippen molar-refractivity contribution in [1.82, 2.24) is 4.90 Å². The summed E-state index contributed by atoms with van der Waals surface area (Å²) < 4.78 is 5.78. The summed E-state index contributed by atoms with van der Waals surface area (Å²) in [5.41, 5.74) is 0.951. The van der Waals surface area contributed by atoms with E-state index >= 15 is 0 Å². The highest BCUT2D eigenvalue weighted by molar-refractivity contribution is 5.81. The third-order valence-corrected chi connectivity index (χ3v) is 3.37. The Bertz CT molecular complexity index is 422. The molecule has 1 heterocycles. The Balaban J connectivity index is 1.96. The van der Waals surface area contributed by atoms with E-state index in [-0.39, 0.29) is 17.4 Å². The van der Waals surface area contributed by atoms with Gasteiger partial charge in [0.1, 0.15) is 0 Å². The molecule has 0 saturated carbocycles. The van der Waals surface area contributed by atoms with Gasteiger partial charge in [-0.2, -0.15) is 0 Å². The standard InChI is InChI=1S/C16H23NO2/c1-16(2,3)15(18)17-9-10-19-14(12-17)11-13-7-5-4-6-8-13/h4-8,14H,9-12H2,1-3H3. The molecule has 1 aromatic rings. The average molecular weight is 261 g/mol. The molecule has 1 atom stereocenters. The highest BCUT2D eigenvalue weighted by Gasteiger charge is 2.31. The number of carbonyl (C=O) groups excluding carboxylic acids is 1. The van der Waals surface area contributed by atoms with Crippen LogP contribution in [0.5, 0.6) is 0 Å². The Morgan fingerprint density at radius 3 is 2.63 bits per heavy atom. The monoisotopic (exact) mass is 261 g/mol. The van der Waals surface area contributed by atoms with Crippen molar-refractivity contribution in [2.75, 3.05) is 19.7 Å². The number of hydrogen-bond acceptors (Lipinski definition) is 2. The molecule has 1 aliphatic heterocycles. The van der Waals surface area contributed by atoms with Crippen LogP contribution in [0.25, 0.3) is 0 Å². The molecule has 0 N–H and O–H groups in total. The van der Waals surface area contributed by atoms with Crippen LogP contribution in [0.1, 0.15) is 26.3 Å². The number of ether oxygens (including phenoxy) is 1. The van der Waals surface area contributed by atoms with Crippen molar-refractivity contribution >= 4 is 5.91 Å². The molecule has 0 radical (unpaired) electrons. The zero-order valence-corrected chi connectivity index (χ0v) is 12.1. The Hall–Kier alpha value is -1.35. The van der Waals surface area contributed by atoms with E-state index in [1.807, 2.05) is 43.9 Å². The van der Waals surface area contributed by atoms with E-state index in [1.165, 1.54) is 5.56 Å². The van der Waals surface area contributed by atoms with Gasteiger partial charge in [-0.3, -0.25) is 4.79 Å². The highest BCUT2D eigenvalue weighted by Crippen LogP contribution is 2.20. The van der Waals surface area contributed by atoms with E-state index < -0.39 is 0 Å². The number of amides is 1. The third kappa shape index (κ3) is 3.80. The molecule has 1 aromatic carbocycles. The fraction of sp³-hybridized carbons (Fsp3) is 0.562. The number of carbonyl (C=O) groups is 1. The first kappa shape index (κ1) is 14.1. The predicted octanol–water partition coefficient (Wildman–Crippen LogP) is 2.50. The van der Waals surface area contributed by atoms with Crippen LogP contribution in [-0.4, -0.2) is 36.6 Å². The van der Waals surface area contributed by atoms with Crippen LogP contribution < -0.4 is 0 Å². The molecule has 0 spiro atoms. The van der Waals surface area contributed by atoms with E-state index in [1.54, 1.807) is 0 Å². The lowest BCUT2D eigenvalue weighted by Gasteiger charge is -2.36. The number of hydrogen-bond donors (Lipinski definition) is 0. The minimum Gasteiger partial charge on any atom is -0.374 e. The molecule has 0 bridgehead atoms. The van der Waals surface area contributed by atoms with Crippen LogP contribution in [-0.2, 0) is 16.0 Å². The minimum atomic E-state index is -0.311. The molecule has 104 valence electrons. The number of nitrogens with zero attached hydrogens (tertiary/aromatic N) is 1. The first-order chi connectivity index (χ1) is 8.97. The van der Waals surface area contributed by atoms with E-state index in [4.69, 9.17) is 4.74 Å². The summed E-state index contributed by atoms with van der Waals surface area (Å²) in [6, 6.07) is 10.3. The first-order valence-corrected chi connectivity index (χ1v) is 6.92. The van der Waals surface area contributed by atoms with Gasteiger partial charge in [0.2, 0.25) is 5.91 Å². The molecular weight excluding hydrogens is 238 g/mol. The molecular formula is C16H23NO2. The van der Waals surface area contributed by atoms with Gasteiger partial charge in [-0.1, -0.05) is 51.1 Å². The maximum atomic E-state index is 12.3. The molecule has 3 heteroatoms. The molecule has 1 aliphatic rings. The van der Waals surface area contributed by atoms with E-state index in [0.29, 0.717) is 19.7 Å². The van der Waals surface area contributed by atoms with Gasteiger partial charge in [-0.05, 0) is 5.56 Å². The van der Waals surface area contributed by atoms with Crippen molar-refractivity contribution in [1.29, 1.82) is 0 Å². The van der Waals surface area contributed by atoms with Crippen molar-refractivity contribution in [2.24, 2.45) is 5.41 Å². The first-order valence-electron chi connectivity index (χ1n) is 6.92. The SMILES string of the molecule is CC(C)(C)C(=O)N1CCOC(Cc2ccccc2)C1. The van der Waals surface area contributed by atoms with Crippen molar-refractivity contribution in [3.8, 4) is 0 Å². The Kier molecular flexibility index (Phi) is 4.25. The molecule has 19 heavy (non-hydrogen) atoms. The molecule has 0 aromatic heterocycles. The number of rotatable bonds is 2. The lowest BCUT2D eigenvalue weighted by Crippen LogP contribution is -2.49. The molecule has 1 unspecified atom stereocenters. The lowest BCUT2D eigenvalue weighted by atomic mass is 9.94. The van der Waals surface area contributed by atoms with Gasteiger partial charge in [-0.25, -0.2) is 0 Å². The van der Waals surface area contributed by atoms with Crippen molar-refractivity contribution in [2.45, 2.75) is 33.3 Å². The fourth-order valence-corrected chi connectivity index (χ4v) is 2.38. The van der Waals surface area contributed by atoms with E-state index in [9.17, 15) is 4.79 Å². The van der Waals surface area contributed by atoms with Gasteiger partial charge >= 0.3 is 0 Å². The maximum Gasteiger partial charge on any atom is 0.228 e. The van der Waals surface area contributed by atoms with Crippen LogP contribution in [0.15, 0.2) is 30.3 Å². The van der Waals surface area contributed by atoms with Gasteiger partial charge in [0.25, 0.3) is 0 Å². The van der Waals surface area contributed by atoms with Crippen molar-refractivity contribution < 1.29 is 9.53 Å². The van der Waals surface area contributed by atoms with E-state index in [2.05, 4.69) is 12.1 Å². The van der Waals surface area contributed by atoms with Crippen LogP contribution in [0.3, 0.4) is 0 Å². The second kappa shape index (κ2) is 5.74. The molecule has 1 amide bonds. The summed E-state index contributed by atoms with van der Waals surface area (Å²) in [6.45, 7) is 7.96. The maximum absolute atomic E-state index is 12.3. The van der Waals surface area contributed by atoms with Gasteiger partial charge in [0, 0.05) is 24.9 Å². The summed E-state index contributed by atoms with van der Waals surface area (Å²) in [4.78, 5) is 14.2. The molecule has 3 nitrogen and oxygen atoms in total. The summed E-state index contributed by atoms with van der Waals surface area (Å²) in [5.74, 6) is 0.217. The summed E-state index contributed by atoms with van der Waals surface area (Å²) >= 11 is 0. The van der Waals surface area contributed by atoms with Gasteiger partial charge in [-0.15, -0.1) is 0 Å². The van der Waals surface area contributed by atoms with Gasteiger partial charge < -0.3 is 9.64 Å². The van der Waals surface area contributed by atoms with Crippen LogP contribution >= 0.6 is 0 Å². The zero-order valence-electron chi connectivity index (χ0n) is 12.1. The lowest BCUT2D eigenvalue weighted by molar-refractivity contribution is -0.147. The van der Waals surface area contributed by atoms with Crippen LogP contribution in [0.2, 0.25) is 0 Å². The number of morpholine rings is 1. The van der Waals surface area contributed by atoms with Gasteiger partial charge in [0.15, 0.2) is 0 Å². The summed E-state index contributed by atoms with van der Waals surface area (Å²) in [6.07, 6.45) is 0.983. The molecule has 1 fully saturated rings. The predicted molar refractivity (Wildman–Crippen MR) is 75.9 cm³/mol. The quantitative estimate of drug-likeness (QED) is 0.818. The third-order valence-electron chi connectivity index (χ3n) is 3.37. The minimum absolute atomic E-state index is 0.113. The topological polar surface area (TPSA) is 29.5 Å². The second-order valence-corrected chi connectivity index (χ2v) is 6.18. The molecule has 2 rings (SSSR count). The average Bonchev–Trinajstić information content (AvgIpc) is 2.38. The molecule has 0 aliphatic carbocycles. The van der Waals surface area contributed by atoms with Gasteiger partial charge in [0.05, 0.1) is 12.7 Å². The second-order valence-electron chi connectivity index (χ2n) is 6.18. The Morgan fingerprint density at radius 1 is 1.32 bits per heavy atom. The van der Waals surface area contributed by atoms with E-state index in [0.717, 1.165) is 6.42 Å². The smallest absolute Gasteiger partial charge is 0.228 e. The summed E-state index contributed by atoms with van der Waals surface area (Å²) in [7, 11) is 0. The Morgan fingerprint density at radius 2 is 2.00 bits per heavy atom. The summed E-state index contributed by atoms with van der Waals surface area (Å²) in [5, 5.41) is 0. The normalized spacial score (nSPS) is 20.4. The fourth-order valence-electron chi connectivity index (χ4n) is 2.38. The van der Waals surface area contributed by atoms with Crippen molar-refractivity contribution in [3.05, 3.63) is 35.9 Å². The largest absolute Gasteiger partial charge is 0.374 e. The number of benzene rings is 1. The van der Waals surface area contributed by atoms with Crippen LogP contribution in [0, 0.1) is 5.41 Å². The highest BCUT2D eigenvalue weighted by atomic mass is 16.5. The van der Waals surface area contributed by atoms with Crippen LogP contribution in [0.4, 0.5) is 0 Å². The Labute approximate surface area is 115 Å².